The lowest BCUT2D eigenvalue weighted by Gasteiger charge is -2.02. The molecule has 2 N–H and O–H groups in total. The summed E-state index contributed by atoms with van der Waals surface area (Å²) in [6.07, 6.45) is 0. The molecule has 1 aromatic heterocycles. The van der Waals surface area contributed by atoms with Gasteiger partial charge >= 0.3 is 5.97 Å². The fourth-order valence-corrected chi connectivity index (χ4v) is 2.36. The third kappa shape index (κ3) is 3.51. The molecule has 0 spiro atoms. The lowest BCUT2D eigenvalue weighted by molar-refractivity contribution is 0.0697. The van der Waals surface area contributed by atoms with Gasteiger partial charge in [0.2, 0.25) is 0 Å². The van der Waals surface area contributed by atoms with Crippen LogP contribution >= 0.6 is 11.6 Å². The second-order valence-corrected chi connectivity index (χ2v) is 5.69. The van der Waals surface area contributed by atoms with Crippen LogP contribution < -0.4 is 5.56 Å². The Kier molecular flexibility index (Phi) is 4.49. The average molecular weight is 357 g/mol. The summed E-state index contributed by atoms with van der Waals surface area (Å²) < 4.78 is 1.23. The first-order chi connectivity index (χ1) is 12.0. The van der Waals surface area contributed by atoms with Crippen molar-refractivity contribution in [2.75, 3.05) is 0 Å². The van der Waals surface area contributed by atoms with E-state index in [4.69, 9.17) is 16.7 Å². The van der Waals surface area contributed by atoms with Crippen LogP contribution in [0.15, 0.2) is 63.6 Å². The van der Waals surface area contributed by atoms with Crippen molar-refractivity contribution in [2.24, 2.45) is 10.2 Å². The van der Waals surface area contributed by atoms with Crippen molar-refractivity contribution in [3.63, 3.8) is 0 Å². The summed E-state index contributed by atoms with van der Waals surface area (Å²) in [6.45, 7) is 1.69. The van der Waals surface area contributed by atoms with Crippen molar-refractivity contribution in [1.82, 2.24) is 9.78 Å². The number of nitrogens with one attached hydrogen (secondary N) is 1. The monoisotopic (exact) mass is 356 g/mol. The molecule has 3 rings (SSSR count). The highest BCUT2D eigenvalue weighted by Crippen LogP contribution is 2.20. The molecule has 2 aromatic carbocycles. The van der Waals surface area contributed by atoms with E-state index in [1.807, 2.05) is 0 Å². The van der Waals surface area contributed by atoms with Gasteiger partial charge in [-0.2, -0.15) is 5.11 Å². The Hall–Kier alpha value is -3.19. The maximum absolute atomic E-state index is 12.6. The molecule has 3 aromatic rings. The van der Waals surface area contributed by atoms with E-state index in [-0.39, 0.29) is 11.3 Å². The molecule has 0 aliphatic carbocycles. The molecular weight excluding hydrogens is 344 g/mol. The van der Waals surface area contributed by atoms with Crippen molar-refractivity contribution in [2.45, 2.75) is 6.92 Å². The lowest BCUT2D eigenvalue weighted by Crippen LogP contribution is -2.14. The quantitative estimate of drug-likeness (QED) is 0.683. The molecule has 7 nitrogen and oxygen atoms in total. The smallest absolute Gasteiger partial charge is 0.335 e. The van der Waals surface area contributed by atoms with Crippen molar-refractivity contribution in [3.05, 3.63) is 75.2 Å². The molecule has 0 unspecified atom stereocenters. The number of hydrogen-bond acceptors (Lipinski definition) is 4. The number of aryl methyl sites for hydroxylation is 1. The maximum atomic E-state index is 12.6. The first kappa shape index (κ1) is 16.7. The molecule has 0 aliphatic heterocycles. The zero-order valence-electron chi connectivity index (χ0n) is 13.1. The zero-order chi connectivity index (χ0) is 18.0. The van der Waals surface area contributed by atoms with Gasteiger partial charge in [-0.1, -0.05) is 17.7 Å². The van der Waals surface area contributed by atoms with Gasteiger partial charge in [0.1, 0.15) is 0 Å². The normalized spacial score (nSPS) is 11.1. The highest BCUT2D eigenvalue weighted by atomic mass is 35.5. The number of azo groups is 1. The van der Waals surface area contributed by atoms with Crippen LogP contribution in [0.4, 0.5) is 11.4 Å². The van der Waals surface area contributed by atoms with Gasteiger partial charge in [0.25, 0.3) is 5.56 Å². The van der Waals surface area contributed by atoms with Crippen molar-refractivity contribution in [1.29, 1.82) is 0 Å². The number of halogens is 1. The maximum Gasteiger partial charge on any atom is 0.335 e. The molecule has 126 valence electrons. The predicted octanol–water partition coefficient (Wildman–Crippen LogP) is 4.24. The molecule has 0 radical (unpaired) electrons. The Bertz CT molecular complexity index is 1020. The van der Waals surface area contributed by atoms with Gasteiger partial charge in [-0.25, -0.2) is 9.48 Å². The minimum atomic E-state index is -1.07. The molecule has 0 aliphatic rings. The first-order valence-corrected chi connectivity index (χ1v) is 7.66. The van der Waals surface area contributed by atoms with Crippen LogP contribution in [0.1, 0.15) is 16.1 Å². The molecular formula is C17H13ClN4O3. The second-order valence-electron chi connectivity index (χ2n) is 5.26. The average Bonchev–Trinajstić information content (AvgIpc) is 2.89. The molecule has 0 fully saturated rings. The van der Waals surface area contributed by atoms with Gasteiger partial charge < -0.3 is 5.11 Å². The van der Waals surface area contributed by atoms with Crippen molar-refractivity contribution in [3.8, 4) is 5.69 Å². The van der Waals surface area contributed by atoms with Gasteiger partial charge in [-0.05, 0) is 49.4 Å². The Balaban J connectivity index is 1.99. The van der Waals surface area contributed by atoms with Gasteiger partial charge in [0, 0.05) is 5.02 Å². The molecule has 8 heteroatoms. The Labute approximate surface area is 147 Å². The van der Waals surface area contributed by atoms with E-state index in [9.17, 15) is 9.59 Å². The summed E-state index contributed by atoms with van der Waals surface area (Å²) in [6, 6.07) is 12.8. The number of carboxylic acid groups (broad SMARTS) is 1. The minimum absolute atomic E-state index is 0.0843. The summed E-state index contributed by atoms with van der Waals surface area (Å²) in [7, 11) is 0. The van der Waals surface area contributed by atoms with E-state index in [1.165, 1.54) is 16.8 Å². The van der Waals surface area contributed by atoms with Gasteiger partial charge in [-0.3, -0.25) is 9.89 Å². The van der Waals surface area contributed by atoms with E-state index >= 15 is 0 Å². The second kappa shape index (κ2) is 6.74. The largest absolute Gasteiger partial charge is 0.478 e. The van der Waals surface area contributed by atoms with E-state index in [1.54, 1.807) is 43.3 Å². The molecule has 0 bridgehead atoms. The van der Waals surface area contributed by atoms with Crippen LogP contribution in [0.3, 0.4) is 0 Å². The molecule has 0 saturated heterocycles. The fraction of sp³-hybridized carbons (Fsp3) is 0.0588. The molecule has 25 heavy (non-hydrogen) atoms. The van der Waals surface area contributed by atoms with Crippen LogP contribution in [0.5, 0.6) is 0 Å². The summed E-state index contributed by atoms with van der Waals surface area (Å²) in [5.41, 5.74) is 1.29. The summed E-state index contributed by atoms with van der Waals surface area (Å²) in [5.74, 6) is -1.07. The lowest BCUT2D eigenvalue weighted by atomic mass is 10.2. The zero-order valence-corrected chi connectivity index (χ0v) is 13.9. The van der Waals surface area contributed by atoms with Crippen LogP contribution in [0, 0.1) is 6.92 Å². The number of aromatic amines is 1. The van der Waals surface area contributed by atoms with Gasteiger partial charge in [-0.15, -0.1) is 5.11 Å². The number of benzene rings is 2. The Morgan fingerprint density at radius 1 is 1.16 bits per heavy atom. The van der Waals surface area contributed by atoms with Gasteiger partial charge in [0.15, 0.2) is 5.69 Å². The van der Waals surface area contributed by atoms with Crippen LogP contribution in [0.25, 0.3) is 5.69 Å². The first-order valence-electron chi connectivity index (χ1n) is 7.28. The molecule has 0 saturated carbocycles. The number of aromatic nitrogens is 2. The molecule has 1 heterocycles. The fourth-order valence-electron chi connectivity index (χ4n) is 2.23. The van der Waals surface area contributed by atoms with Crippen LogP contribution in [-0.4, -0.2) is 20.9 Å². The topological polar surface area (TPSA) is 99.8 Å². The number of hydrogen-bond donors (Lipinski definition) is 2. The number of aromatic carboxylic acids is 1. The van der Waals surface area contributed by atoms with E-state index in [0.29, 0.717) is 22.1 Å². The van der Waals surface area contributed by atoms with E-state index < -0.39 is 11.5 Å². The number of carboxylic acids is 1. The number of H-pyrrole nitrogens is 1. The Morgan fingerprint density at radius 2 is 1.88 bits per heavy atom. The molecule has 0 amide bonds. The molecule has 0 atom stereocenters. The number of nitrogens with zero attached hydrogens (tertiary/aromatic N) is 3. The third-order valence-corrected chi connectivity index (χ3v) is 3.74. The predicted molar refractivity (Wildman–Crippen MR) is 93.7 cm³/mol. The van der Waals surface area contributed by atoms with Crippen LogP contribution in [-0.2, 0) is 0 Å². The van der Waals surface area contributed by atoms with Crippen molar-refractivity contribution >= 4 is 28.9 Å². The van der Waals surface area contributed by atoms with Gasteiger partial charge in [0.05, 0.1) is 22.6 Å². The number of rotatable bonds is 4. The summed E-state index contributed by atoms with van der Waals surface area (Å²) in [5, 5.41) is 20.6. The summed E-state index contributed by atoms with van der Waals surface area (Å²) >= 11 is 5.81. The SMILES string of the molecule is Cc1[nH]n(-c2cccc(C(=O)O)c2)c(=O)c1N=Nc1ccc(Cl)cc1. The third-order valence-electron chi connectivity index (χ3n) is 3.48. The highest BCUT2D eigenvalue weighted by molar-refractivity contribution is 6.30. The number of carbonyl (C=O) groups is 1. The highest BCUT2D eigenvalue weighted by Gasteiger charge is 2.13. The Morgan fingerprint density at radius 3 is 2.56 bits per heavy atom. The summed E-state index contributed by atoms with van der Waals surface area (Å²) in [4.78, 5) is 23.6. The van der Waals surface area contributed by atoms with E-state index in [0.717, 1.165) is 0 Å². The van der Waals surface area contributed by atoms with Crippen molar-refractivity contribution < 1.29 is 9.90 Å². The van der Waals surface area contributed by atoms with E-state index in [2.05, 4.69) is 15.3 Å². The van der Waals surface area contributed by atoms with Crippen LogP contribution in [0.2, 0.25) is 5.02 Å². The minimum Gasteiger partial charge on any atom is -0.478 e. The standard InChI is InChI=1S/C17H13ClN4O3/c1-10-15(20-19-13-7-5-12(18)6-8-13)16(23)22(21-10)14-4-2-3-11(9-14)17(24)25/h2-9,21H,1H3,(H,24,25).